The fourth-order valence-electron chi connectivity index (χ4n) is 4.03. The summed E-state index contributed by atoms with van der Waals surface area (Å²) in [6.07, 6.45) is 0.554. The van der Waals surface area contributed by atoms with Crippen molar-refractivity contribution in [2.75, 3.05) is 32.8 Å². The Morgan fingerprint density at radius 3 is 2.66 bits per heavy atom. The number of benzene rings is 2. The van der Waals surface area contributed by atoms with E-state index in [1.165, 1.54) is 10.6 Å². The first-order valence-corrected chi connectivity index (χ1v) is 12.0. The molecule has 2 heterocycles. The zero-order valence-electron chi connectivity index (χ0n) is 19.8. The highest BCUT2D eigenvalue weighted by Crippen LogP contribution is 2.22. The van der Waals surface area contributed by atoms with Crippen LogP contribution in [-0.4, -0.2) is 64.0 Å². The lowest BCUT2D eigenvalue weighted by molar-refractivity contribution is -0.122. The molecule has 1 aromatic heterocycles. The Bertz CT molecular complexity index is 1250. The molecule has 1 fully saturated rings. The molecule has 0 bridgehead atoms. The molecule has 3 aromatic rings. The van der Waals surface area contributed by atoms with Crippen molar-refractivity contribution < 1.29 is 13.9 Å². The van der Waals surface area contributed by atoms with E-state index >= 15 is 0 Å². The molecule has 0 saturated carbocycles. The molecular weight excluding hydrogens is 473 g/mol. The fraction of sp³-hybridized carbons (Fsp3) is 0.400. The Kier molecular flexibility index (Phi) is 8.00. The first kappa shape index (κ1) is 25.1. The van der Waals surface area contributed by atoms with Gasteiger partial charge in [0.15, 0.2) is 5.82 Å². The highest BCUT2D eigenvalue weighted by atomic mass is 35.5. The highest BCUT2D eigenvalue weighted by molar-refractivity contribution is 6.30. The van der Waals surface area contributed by atoms with Gasteiger partial charge >= 0.3 is 5.69 Å². The Morgan fingerprint density at radius 1 is 1.20 bits per heavy atom. The Morgan fingerprint density at radius 2 is 1.97 bits per heavy atom. The molecule has 1 saturated heterocycles. The normalized spacial score (nSPS) is 14.4. The second kappa shape index (κ2) is 11.2. The number of nitrogens with zero attached hydrogens (tertiary/aromatic N) is 4. The maximum atomic E-state index is 15.0. The molecule has 1 N–H and O–H groups in total. The molecule has 35 heavy (non-hydrogen) atoms. The van der Waals surface area contributed by atoms with Crippen LogP contribution in [0.3, 0.4) is 0 Å². The summed E-state index contributed by atoms with van der Waals surface area (Å²) in [6, 6.07) is 11.5. The molecule has 4 rings (SSSR count). The molecule has 1 amide bonds. The van der Waals surface area contributed by atoms with Crippen molar-refractivity contribution >= 4 is 17.5 Å². The number of hydrogen-bond donors (Lipinski definition) is 1. The van der Waals surface area contributed by atoms with Crippen molar-refractivity contribution in [2.45, 2.75) is 32.9 Å². The van der Waals surface area contributed by atoms with Crippen molar-refractivity contribution in [1.29, 1.82) is 0 Å². The number of nitrogens with one attached hydrogen (secondary N) is 1. The molecule has 186 valence electrons. The van der Waals surface area contributed by atoms with E-state index in [0.717, 1.165) is 24.3 Å². The Hall–Kier alpha value is -3.01. The van der Waals surface area contributed by atoms with Gasteiger partial charge in [-0.3, -0.25) is 14.3 Å². The summed E-state index contributed by atoms with van der Waals surface area (Å²) in [5.41, 5.74) is 0.890. The summed E-state index contributed by atoms with van der Waals surface area (Å²) < 4.78 is 22.7. The number of morpholine rings is 1. The van der Waals surface area contributed by atoms with Gasteiger partial charge in [-0.2, -0.15) is 4.68 Å². The van der Waals surface area contributed by atoms with Crippen LogP contribution in [0.15, 0.2) is 47.3 Å². The topological polar surface area (TPSA) is 81.4 Å². The fourth-order valence-corrected chi connectivity index (χ4v) is 4.22. The van der Waals surface area contributed by atoms with Gasteiger partial charge in [-0.05, 0) is 44.0 Å². The van der Waals surface area contributed by atoms with Crippen molar-refractivity contribution in [1.82, 2.24) is 24.6 Å². The van der Waals surface area contributed by atoms with Crippen LogP contribution in [0.5, 0.6) is 0 Å². The molecule has 10 heteroatoms. The minimum atomic E-state index is -0.542. The van der Waals surface area contributed by atoms with Gasteiger partial charge in [0, 0.05) is 42.3 Å². The maximum absolute atomic E-state index is 15.0. The highest BCUT2D eigenvalue weighted by Gasteiger charge is 2.20. The average Bonchev–Trinajstić information content (AvgIpc) is 3.14. The van der Waals surface area contributed by atoms with Crippen LogP contribution in [0.2, 0.25) is 5.02 Å². The quantitative estimate of drug-likeness (QED) is 0.513. The van der Waals surface area contributed by atoms with Crippen molar-refractivity contribution in [3.05, 3.63) is 69.4 Å². The zero-order chi connectivity index (χ0) is 24.9. The number of amides is 1. The van der Waals surface area contributed by atoms with Crippen LogP contribution in [-0.2, 0) is 22.5 Å². The van der Waals surface area contributed by atoms with Crippen LogP contribution < -0.4 is 11.0 Å². The lowest BCUT2D eigenvalue weighted by atomic mass is 10.1. The van der Waals surface area contributed by atoms with Crippen LogP contribution in [0, 0.1) is 5.82 Å². The zero-order valence-corrected chi connectivity index (χ0v) is 20.6. The summed E-state index contributed by atoms with van der Waals surface area (Å²) in [5, 5.41) is 7.71. The van der Waals surface area contributed by atoms with E-state index in [0.29, 0.717) is 35.8 Å². The van der Waals surface area contributed by atoms with E-state index in [1.54, 1.807) is 36.4 Å². The summed E-state index contributed by atoms with van der Waals surface area (Å²) in [5.74, 6) is -0.457. The van der Waals surface area contributed by atoms with Gasteiger partial charge in [0.05, 0.1) is 18.9 Å². The van der Waals surface area contributed by atoms with Crippen LogP contribution >= 0.6 is 11.6 Å². The maximum Gasteiger partial charge on any atom is 0.351 e. The summed E-state index contributed by atoms with van der Waals surface area (Å²) >= 11 is 6.15. The lowest BCUT2D eigenvalue weighted by Crippen LogP contribution is -2.37. The molecule has 0 unspecified atom stereocenters. The average molecular weight is 502 g/mol. The molecule has 1 aliphatic rings. The van der Waals surface area contributed by atoms with Gasteiger partial charge in [-0.25, -0.2) is 9.18 Å². The van der Waals surface area contributed by atoms with Crippen LogP contribution in [0.4, 0.5) is 4.39 Å². The standard InChI is InChI=1S/C25H29ClFN5O3/c1-17(2)28-23(33)16-31-24(19-4-3-5-20(26)14-19)29-32(25(31)34)21-7-6-18(22(27)15-21)8-9-30-10-12-35-13-11-30/h3-7,14-15,17H,8-13,16H2,1-2H3,(H,28,33). The number of aromatic nitrogens is 3. The molecule has 1 aliphatic heterocycles. The number of ether oxygens (including phenoxy) is 1. The Balaban J connectivity index is 1.64. The Labute approximate surface area is 208 Å². The molecule has 0 aliphatic carbocycles. The van der Waals surface area contributed by atoms with Crippen LogP contribution in [0.25, 0.3) is 17.1 Å². The number of hydrogen-bond acceptors (Lipinski definition) is 5. The largest absolute Gasteiger partial charge is 0.379 e. The van der Waals surface area contributed by atoms with Gasteiger partial charge < -0.3 is 10.1 Å². The van der Waals surface area contributed by atoms with Crippen LogP contribution in [0.1, 0.15) is 19.4 Å². The van der Waals surface area contributed by atoms with Crippen molar-refractivity contribution in [2.24, 2.45) is 0 Å². The molecular formula is C25H29ClFN5O3. The predicted octanol–water partition coefficient (Wildman–Crippen LogP) is 2.89. The third kappa shape index (κ3) is 6.17. The smallest absolute Gasteiger partial charge is 0.351 e. The molecule has 0 radical (unpaired) electrons. The first-order chi connectivity index (χ1) is 16.8. The van der Waals surface area contributed by atoms with Crippen molar-refractivity contribution in [3.63, 3.8) is 0 Å². The predicted molar refractivity (Wildman–Crippen MR) is 132 cm³/mol. The van der Waals surface area contributed by atoms with Gasteiger partial charge in [0.2, 0.25) is 5.91 Å². The molecule has 8 nitrogen and oxygen atoms in total. The van der Waals surface area contributed by atoms with Gasteiger partial charge in [-0.1, -0.05) is 29.8 Å². The summed E-state index contributed by atoms with van der Waals surface area (Å²) in [4.78, 5) is 28.0. The van der Waals surface area contributed by atoms with Gasteiger partial charge in [0.1, 0.15) is 12.4 Å². The first-order valence-electron chi connectivity index (χ1n) is 11.7. The van der Waals surface area contributed by atoms with E-state index in [9.17, 15) is 14.0 Å². The molecule has 2 aromatic carbocycles. The summed E-state index contributed by atoms with van der Waals surface area (Å²) in [6.45, 7) is 7.24. The second-order valence-electron chi connectivity index (χ2n) is 8.82. The number of rotatable bonds is 8. The number of carbonyl (C=O) groups excluding carboxylic acids is 1. The minimum Gasteiger partial charge on any atom is -0.379 e. The lowest BCUT2D eigenvalue weighted by Gasteiger charge is -2.26. The van der Waals surface area contributed by atoms with E-state index in [4.69, 9.17) is 16.3 Å². The molecule has 0 atom stereocenters. The third-order valence-corrected chi connectivity index (χ3v) is 6.01. The number of carbonyl (C=O) groups is 1. The number of halogens is 2. The van der Waals surface area contributed by atoms with E-state index in [-0.39, 0.29) is 30.0 Å². The molecule has 0 spiro atoms. The van der Waals surface area contributed by atoms with Gasteiger partial charge in [-0.15, -0.1) is 5.10 Å². The SMILES string of the molecule is CC(C)NC(=O)Cn1c(-c2cccc(Cl)c2)nn(-c2ccc(CCN3CCOCC3)c(F)c2)c1=O. The van der Waals surface area contributed by atoms with Crippen molar-refractivity contribution in [3.8, 4) is 17.1 Å². The minimum absolute atomic E-state index is 0.0815. The van der Waals surface area contributed by atoms with E-state index < -0.39 is 11.5 Å². The summed E-state index contributed by atoms with van der Waals surface area (Å²) in [7, 11) is 0. The monoisotopic (exact) mass is 501 g/mol. The van der Waals surface area contributed by atoms with E-state index in [2.05, 4.69) is 15.3 Å². The third-order valence-electron chi connectivity index (χ3n) is 5.78. The van der Waals surface area contributed by atoms with E-state index in [1.807, 2.05) is 13.8 Å². The second-order valence-corrected chi connectivity index (χ2v) is 9.25. The van der Waals surface area contributed by atoms with Gasteiger partial charge in [0.25, 0.3) is 0 Å².